The van der Waals surface area contributed by atoms with Crippen molar-refractivity contribution >= 4 is 23.2 Å². The summed E-state index contributed by atoms with van der Waals surface area (Å²) >= 11 is 1.47. The maximum atomic E-state index is 13.4. The van der Waals surface area contributed by atoms with Crippen LogP contribution in [0.25, 0.3) is 22.4 Å². The van der Waals surface area contributed by atoms with Gasteiger partial charge in [-0.05, 0) is 53.9 Å². The highest BCUT2D eigenvalue weighted by atomic mass is 32.1. The van der Waals surface area contributed by atoms with Crippen molar-refractivity contribution in [1.29, 1.82) is 0 Å². The minimum Gasteiger partial charge on any atom is -0.484 e. The molecule has 1 unspecified atom stereocenters. The maximum absolute atomic E-state index is 13.4. The highest BCUT2D eigenvalue weighted by Crippen LogP contribution is 2.34. The Hall–Kier alpha value is -4.25. The van der Waals surface area contributed by atoms with E-state index < -0.39 is 11.7 Å². The minimum absolute atomic E-state index is 0.0493. The molecule has 1 aliphatic rings. The first-order valence-electron chi connectivity index (χ1n) is 13.0. The van der Waals surface area contributed by atoms with Gasteiger partial charge in [0.15, 0.2) is 6.61 Å². The van der Waals surface area contributed by atoms with E-state index in [-0.39, 0.29) is 24.5 Å². The third-order valence-electron chi connectivity index (χ3n) is 6.95. The number of amides is 2. The third-order valence-corrected chi connectivity index (χ3v) is 7.89. The molecular weight excluding hydrogens is 553 g/mol. The Kier molecular flexibility index (Phi) is 8.34. The molecule has 1 aliphatic heterocycles. The van der Waals surface area contributed by atoms with Crippen molar-refractivity contribution < 1.29 is 27.5 Å². The number of halogens is 3. The molecule has 0 N–H and O–H groups in total. The molecule has 1 atom stereocenters. The average molecular weight is 581 g/mol. The van der Waals surface area contributed by atoms with Crippen LogP contribution >= 0.6 is 11.3 Å². The Bertz CT molecular complexity index is 1510. The van der Waals surface area contributed by atoms with E-state index in [4.69, 9.17) is 9.72 Å². The van der Waals surface area contributed by atoms with E-state index in [1.807, 2.05) is 17.5 Å². The predicted molar refractivity (Wildman–Crippen MR) is 149 cm³/mol. The van der Waals surface area contributed by atoms with Crippen molar-refractivity contribution in [2.45, 2.75) is 25.6 Å². The minimum atomic E-state index is -4.43. The Labute approximate surface area is 239 Å². The zero-order valence-electron chi connectivity index (χ0n) is 22.2. The number of aromatic nitrogens is 2. The standard InChI is InChI=1S/C30H27F3N4O3S/c1-20(38)36-14-11-27(29-35-26(19-41-29)22-9-12-34-13-10-22)37(16-15-36)28(39)18-40-25-7-5-21(6-8-25)23-3-2-4-24(17-23)30(31,32)33/h2-10,12-13,17,19,27H,11,14-16,18H2,1H3. The first-order chi connectivity index (χ1) is 19.7. The number of thiazole rings is 1. The average Bonchev–Trinajstić information content (AvgIpc) is 3.35. The summed E-state index contributed by atoms with van der Waals surface area (Å²) in [6.07, 6.45) is -0.486. The van der Waals surface area contributed by atoms with Crippen LogP contribution in [0.2, 0.25) is 0 Å². The number of hydrogen-bond acceptors (Lipinski definition) is 6. The zero-order chi connectivity index (χ0) is 29.0. The normalized spacial score (nSPS) is 15.9. The number of hydrogen-bond donors (Lipinski definition) is 0. The third kappa shape index (κ3) is 6.74. The molecule has 2 aromatic heterocycles. The van der Waals surface area contributed by atoms with Crippen molar-refractivity contribution in [2.75, 3.05) is 26.2 Å². The van der Waals surface area contributed by atoms with Crippen LogP contribution in [0.15, 0.2) is 78.4 Å². The summed E-state index contributed by atoms with van der Waals surface area (Å²) < 4.78 is 45.1. The quantitative estimate of drug-likeness (QED) is 0.276. The molecule has 2 amide bonds. The molecule has 5 rings (SSSR count). The van der Waals surface area contributed by atoms with Gasteiger partial charge in [0.1, 0.15) is 10.8 Å². The van der Waals surface area contributed by atoms with Crippen LogP contribution in [0.3, 0.4) is 0 Å². The smallest absolute Gasteiger partial charge is 0.416 e. The molecule has 3 heterocycles. The van der Waals surface area contributed by atoms with Crippen LogP contribution in [0, 0.1) is 0 Å². The number of alkyl halides is 3. The number of rotatable bonds is 6. The van der Waals surface area contributed by atoms with Crippen LogP contribution in [-0.2, 0) is 15.8 Å². The molecule has 0 bridgehead atoms. The van der Waals surface area contributed by atoms with E-state index >= 15 is 0 Å². The summed E-state index contributed by atoms with van der Waals surface area (Å²) in [5.74, 6) is 0.120. The fraction of sp³-hybridized carbons (Fsp3) is 0.267. The molecule has 0 saturated carbocycles. The van der Waals surface area contributed by atoms with Crippen molar-refractivity contribution in [3.63, 3.8) is 0 Å². The fourth-order valence-electron chi connectivity index (χ4n) is 4.74. The number of carbonyl (C=O) groups is 2. The van der Waals surface area contributed by atoms with Gasteiger partial charge < -0.3 is 14.5 Å². The lowest BCUT2D eigenvalue weighted by atomic mass is 10.0. The SMILES string of the molecule is CC(=O)N1CCC(c2nc(-c3ccncc3)cs2)N(C(=O)COc2ccc(-c3cccc(C(F)(F)F)c3)cc2)CC1. The van der Waals surface area contributed by atoms with E-state index in [0.29, 0.717) is 42.9 Å². The van der Waals surface area contributed by atoms with E-state index in [9.17, 15) is 22.8 Å². The molecule has 41 heavy (non-hydrogen) atoms. The molecule has 11 heteroatoms. The van der Waals surface area contributed by atoms with Crippen molar-refractivity contribution in [2.24, 2.45) is 0 Å². The molecule has 212 valence electrons. The molecule has 0 spiro atoms. The number of carbonyl (C=O) groups excluding carboxylic acids is 2. The van der Waals surface area contributed by atoms with Crippen molar-refractivity contribution in [1.82, 2.24) is 19.8 Å². The first kappa shape index (κ1) is 28.3. The van der Waals surface area contributed by atoms with Gasteiger partial charge >= 0.3 is 6.18 Å². The predicted octanol–water partition coefficient (Wildman–Crippen LogP) is 6.09. The summed E-state index contributed by atoms with van der Waals surface area (Å²) in [7, 11) is 0. The van der Waals surface area contributed by atoms with Gasteiger partial charge in [0.25, 0.3) is 5.91 Å². The van der Waals surface area contributed by atoms with Gasteiger partial charge in [0, 0.05) is 49.9 Å². The summed E-state index contributed by atoms with van der Waals surface area (Å²) in [4.78, 5) is 37.8. The van der Waals surface area contributed by atoms with Crippen LogP contribution in [0.5, 0.6) is 5.75 Å². The number of pyridine rings is 1. The highest BCUT2D eigenvalue weighted by molar-refractivity contribution is 7.10. The first-order valence-corrected chi connectivity index (χ1v) is 13.9. The monoisotopic (exact) mass is 580 g/mol. The van der Waals surface area contributed by atoms with Gasteiger partial charge in [-0.3, -0.25) is 14.6 Å². The Balaban J connectivity index is 1.29. The summed E-state index contributed by atoms with van der Waals surface area (Å²) in [5, 5.41) is 2.73. The van der Waals surface area contributed by atoms with Gasteiger partial charge in [-0.1, -0.05) is 24.3 Å². The second-order valence-electron chi connectivity index (χ2n) is 9.60. The molecule has 4 aromatic rings. The van der Waals surface area contributed by atoms with Crippen LogP contribution in [0.4, 0.5) is 13.2 Å². The molecule has 7 nitrogen and oxygen atoms in total. The molecule has 1 fully saturated rings. The van der Waals surface area contributed by atoms with Crippen LogP contribution in [0.1, 0.15) is 30.0 Å². The molecular formula is C30H27F3N4O3S. The Morgan fingerprint density at radius 2 is 1.73 bits per heavy atom. The van der Waals surface area contributed by atoms with E-state index in [1.165, 1.54) is 24.3 Å². The van der Waals surface area contributed by atoms with E-state index in [0.717, 1.165) is 28.4 Å². The fourth-order valence-corrected chi connectivity index (χ4v) is 5.72. The molecule has 0 aliphatic carbocycles. The number of benzene rings is 2. The molecule has 2 aromatic carbocycles. The van der Waals surface area contributed by atoms with E-state index in [2.05, 4.69) is 4.98 Å². The number of nitrogens with zero attached hydrogens (tertiary/aromatic N) is 4. The summed E-state index contributed by atoms with van der Waals surface area (Å²) in [6, 6.07) is 15.1. The summed E-state index contributed by atoms with van der Waals surface area (Å²) in [5.41, 5.74) is 2.03. The molecule has 1 saturated heterocycles. The summed E-state index contributed by atoms with van der Waals surface area (Å²) in [6.45, 7) is 2.54. The van der Waals surface area contributed by atoms with Gasteiger partial charge in [-0.2, -0.15) is 13.2 Å². The van der Waals surface area contributed by atoms with Crippen LogP contribution in [-0.4, -0.2) is 57.8 Å². The highest BCUT2D eigenvalue weighted by Gasteiger charge is 2.32. The zero-order valence-corrected chi connectivity index (χ0v) is 23.0. The second kappa shape index (κ2) is 12.1. The lowest BCUT2D eigenvalue weighted by molar-refractivity contribution is -0.137. The van der Waals surface area contributed by atoms with Crippen LogP contribution < -0.4 is 4.74 Å². The maximum Gasteiger partial charge on any atom is 0.416 e. The number of ether oxygens (including phenoxy) is 1. The van der Waals surface area contributed by atoms with Gasteiger partial charge in [-0.25, -0.2) is 4.98 Å². The molecule has 0 radical (unpaired) electrons. The topological polar surface area (TPSA) is 75.6 Å². The lowest BCUT2D eigenvalue weighted by Gasteiger charge is -2.28. The van der Waals surface area contributed by atoms with Gasteiger partial charge in [0.2, 0.25) is 5.91 Å². The largest absolute Gasteiger partial charge is 0.484 e. The Morgan fingerprint density at radius 3 is 2.44 bits per heavy atom. The van der Waals surface area contributed by atoms with E-state index in [1.54, 1.807) is 52.5 Å². The Morgan fingerprint density at radius 1 is 0.976 bits per heavy atom. The van der Waals surface area contributed by atoms with Gasteiger partial charge in [0.05, 0.1) is 17.3 Å². The lowest BCUT2D eigenvalue weighted by Crippen LogP contribution is -2.40. The van der Waals surface area contributed by atoms with Crippen molar-refractivity contribution in [3.8, 4) is 28.1 Å². The second-order valence-corrected chi connectivity index (χ2v) is 10.5. The van der Waals surface area contributed by atoms with Gasteiger partial charge in [-0.15, -0.1) is 11.3 Å². The van der Waals surface area contributed by atoms with Crippen molar-refractivity contribution in [3.05, 3.63) is 89.0 Å².